The van der Waals surface area contributed by atoms with Gasteiger partial charge in [-0.2, -0.15) is 0 Å². The summed E-state index contributed by atoms with van der Waals surface area (Å²) in [5.74, 6) is 0. The Kier molecular flexibility index (Phi) is 5.70. The van der Waals surface area contributed by atoms with Crippen LogP contribution in [0.2, 0.25) is 0 Å². The molecule has 0 unspecified atom stereocenters. The van der Waals surface area contributed by atoms with Crippen LogP contribution in [0.1, 0.15) is 0 Å². The molecule has 0 amide bonds. The van der Waals surface area contributed by atoms with E-state index in [0.29, 0.717) is 0 Å². The van der Waals surface area contributed by atoms with Crippen molar-refractivity contribution in [3.05, 3.63) is 182 Å². The third-order valence-corrected chi connectivity index (χ3v) is 10.7. The van der Waals surface area contributed by atoms with E-state index in [1.54, 1.807) is 0 Å². The van der Waals surface area contributed by atoms with Crippen molar-refractivity contribution in [2.45, 2.75) is 0 Å². The predicted octanol–water partition coefficient (Wildman–Crippen LogP) is 13.0. The topological polar surface area (TPSA) is 9.86 Å². The fourth-order valence-electron chi connectivity index (χ4n) is 8.46. The summed E-state index contributed by atoms with van der Waals surface area (Å²) in [6, 6.07) is 66.8. The number of hydrogen-bond acceptors (Lipinski definition) is 0. The number of fused-ring (bicyclic) bond motifs is 11. The van der Waals surface area contributed by atoms with Crippen LogP contribution in [-0.2, 0) is 0 Å². The summed E-state index contributed by atoms with van der Waals surface area (Å²) in [5.41, 5.74) is 9.63. The zero-order valence-electron chi connectivity index (χ0n) is 27.2. The first-order valence-electron chi connectivity index (χ1n) is 17.3. The van der Waals surface area contributed by atoms with E-state index in [4.69, 9.17) is 0 Å². The first-order chi connectivity index (χ1) is 24.8. The van der Waals surface area contributed by atoms with Gasteiger partial charge in [-0.05, 0) is 104 Å². The molecule has 0 N–H and O–H groups in total. The van der Waals surface area contributed by atoms with Gasteiger partial charge in [-0.1, -0.05) is 121 Å². The van der Waals surface area contributed by atoms with Crippen molar-refractivity contribution in [3.63, 3.8) is 0 Å². The van der Waals surface area contributed by atoms with Crippen LogP contribution in [0.25, 0.3) is 98.4 Å². The van der Waals surface area contributed by atoms with Gasteiger partial charge in [0.05, 0.1) is 22.1 Å². The normalized spacial score (nSPS) is 12.0. The lowest BCUT2D eigenvalue weighted by atomic mass is 9.91. The molecule has 0 bridgehead atoms. The first kappa shape index (κ1) is 27.3. The Balaban J connectivity index is 1.24. The van der Waals surface area contributed by atoms with Crippen molar-refractivity contribution >= 4 is 75.9 Å². The van der Waals surface area contributed by atoms with Crippen molar-refractivity contribution in [3.8, 4) is 22.5 Å². The van der Waals surface area contributed by atoms with Crippen molar-refractivity contribution in [2.24, 2.45) is 0 Å². The van der Waals surface area contributed by atoms with Crippen LogP contribution >= 0.6 is 0 Å². The lowest BCUT2D eigenvalue weighted by Crippen LogP contribution is -1.95. The predicted molar refractivity (Wildman–Crippen MR) is 213 cm³/mol. The van der Waals surface area contributed by atoms with Crippen LogP contribution < -0.4 is 0 Å². The van der Waals surface area contributed by atoms with Crippen LogP contribution in [0.3, 0.4) is 0 Å². The Labute approximate surface area is 288 Å². The van der Waals surface area contributed by atoms with Gasteiger partial charge in [0.2, 0.25) is 0 Å². The Morgan fingerprint density at radius 3 is 1.50 bits per heavy atom. The molecule has 0 aliphatic rings. The van der Waals surface area contributed by atoms with Gasteiger partial charge in [0.1, 0.15) is 0 Å². The van der Waals surface area contributed by atoms with E-state index in [2.05, 4.69) is 191 Å². The molecule has 11 aromatic rings. The number of hydrogen-bond donors (Lipinski definition) is 0. The molecule has 2 heteroatoms. The largest absolute Gasteiger partial charge is 0.309 e. The molecule has 0 saturated heterocycles. The van der Waals surface area contributed by atoms with Gasteiger partial charge in [-0.25, -0.2) is 0 Å². The van der Waals surface area contributed by atoms with Gasteiger partial charge >= 0.3 is 0 Å². The summed E-state index contributed by atoms with van der Waals surface area (Å²) in [6.45, 7) is 0. The Bertz CT molecular complexity index is 3070. The Morgan fingerprint density at radius 2 is 0.800 bits per heavy atom. The molecular formula is C48H30N2. The maximum absolute atomic E-state index is 2.46. The fraction of sp³-hybridized carbons (Fsp3) is 0. The fourth-order valence-corrected chi connectivity index (χ4v) is 8.46. The third-order valence-electron chi connectivity index (χ3n) is 10.7. The van der Waals surface area contributed by atoms with Crippen LogP contribution in [0.15, 0.2) is 182 Å². The van der Waals surface area contributed by atoms with E-state index in [0.717, 1.165) is 11.4 Å². The zero-order chi connectivity index (χ0) is 32.8. The second kappa shape index (κ2) is 10.4. The molecule has 0 aliphatic heterocycles. The minimum Gasteiger partial charge on any atom is -0.309 e. The molecule has 9 aromatic carbocycles. The van der Waals surface area contributed by atoms with Gasteiger partial charge in [0.25, 0.3) is 0 Å². The Morgan fingerprint density at radius 1 is 0.280 bits per heavy atom. The van der Waals surface area contributed by atoms with Gasteiger partial charge < -0.3 is 9.13 Å². The van der Waals surface area contributed by atoms with E-state index in [1.165, 1.54) is 87.1 Å². The molecule has 50 heavy (non-hydrogen) atoms. The lowest BCUT2D eigenvalue weighted by molar-refractivity contribution is 1.18. The van der Waals surface area contributed by atoms with Gasteiger partial charge in [0, 0.05) is 32.9 Å². The second-order valence-corrected chi connectivity index (χ2v) is 13.3. The summed E-state index contributed by atoms with van der Waals surface area (Å²) >= 11 is 0. The highest BCUT2D eigenvalue weighted by Crippen LogP contribution is 2.45. The standard InChI is InChI=1S/C48H30N2/c1-2-15-35(16-3-1)50-45-27-24-31-12-6-7-17-37(31)47(45)48-42-29-34-14-5-4-13-33(34)28-41(42)40(30-46(48)50)32-22-25-36(26-23-32)49-43-20-10-8-18-38(43)39-19-9-11-21-44(39)49/h1-30H. The number of nitrogens with zero attached hydrogens (tertiary/aromatic N) is 2. The molecule has 232 valence electrons. The highest BCUT2D eigenvalue weighted by atomic mass is 15.0. The maximum Gasteiger partial charge on any atom is 0.0553 e. The molecule has 2 aromatic heterocycles. The molecule has 0 fully saturated rings. The molecular weight excluding hydrogens is 605 g/mol. The van der Waals surface area contributed by atoms with E-state index >= 15 is 0 Å². The van der Waals surface area contributed by atoms with Crippen LogP contribution in [0.5, 0.6) is 0 Å². The zero-order valence-corrected chi connectivity index (χ0v) is 27.2. The minimum absolute atomic E-state index is 1.16. The molecule has 0 aliphatic carbocycles. The van der Waals surface area contributed by atoms with E-state index in [1.807, 2.05) is 0 Å². The molecule has 0 radical (unpaired) electrons. The number of para-hydroxylation sites is 3. The number of benzene rings is 9. The van der Waals surface area contributed by atoms with Gasteiger partial charge in [-0.3, -0.25) is 0 Å². The molecule has 0 spiro atoms. The van der Waals surface area contributed by atoms with Crippen LogP contribution in [0.4, 0.5) is 0 Å². The smallest absolute Gasteiger partial charge is 0.0553 e. The summed E-state index contributed by atoms with van der Waals surface area (Å²) in [5, 5.41) is 12.7. The summed E-state index contributed by atoms with van der Waals surface area (Å²) in [4.78, 5) is 0. The van der Waals surface area contributed by atoms with Crippen molar-refractivity contribution in [1.82, 2.24) is 9.13 Å². The van der Waals surface area contributed by atoms with Crippen molar-refractivity contribution in [2.75, 3.05) is 0 Å². The van der Waals surface area contributed by atoms with Crippen LogP contribution in [0, 0.1) is 0 Å². The highest BCUT2D eigenvalue weighted by Gasteiger charge is 2.20. The summed E-state index contributed by atoms with van der Waals surface area (Å²) in [7, 11) is 0. The van der Waals surface area contributed by atoms with Gasteiger partial charge in [-0.15, -0.1) is 0 Å². The first-order valence-corrected chi connectivity index (χ1v) is 17.3. The van der Waals surface area contributed by atoms with Crippen molar-refractivity contribution in [1.29, 1.82) is 0 Å². The summed E-state index contributed by atoms with van der Waals surface area (Å²) < 4.78 is 4.85. The quantitative estimate of drug-likeness (QED) is 0.171. The maximum atomic E-state index is 2.46. The Hall–Kier alpha value is -6.64. The monoisotopic (exact) mass is 634 g/mol. The average Bonchev–Trinajstić information content (AvgIpc) is 3.71. The SMILES string of the molecule is c1ccc(-n2c3ccc4ccccc4c3c3c4cc5ccccc5cc4c(-c4ccc(-n5c6ccccc6c6ccccc65)cc4)cc32)cc1. The molecule has 0 atom stereocenters. The lowest BCUT2D eigenvalue weighted by Gasteiger charge is -2.14. The molecule has 0 saturated carbocycles. The van der Waals surface area contributed by atoms with Crippen LogP contribution in [-0.4, -0.2) is 9.13 Å². The van der Waals surface area contributed by atoms with E-state index in [9.17, 15) is 0 Å². The summed E-state index contributed by atoms with van der Waals surface area (Å²) in [6.07, 6.45) is 0. The van der Waals surface area contributed by atoms with E-state index in [-0.39, 0.29) is 0 Å². The van der Waals surface area contributed by atoms with Gasteiger partial charge in [0.15, 0.2) is 0 Å². The highest BCUT2D eigenvalue weighted by molar-refractivity contribution is 6.31. The number of rotatable bonds is 3. The minimum atomic E-state index is 1.16. The average molecular weight is 635 g/mol. The molecule has 11 rings (SSSR count). The molecule has 2 heterocycles. The van der Waals surface area contributed by atoms with E-state index < -0.39 is 0 Å². The van der Waals surface area contributed by atoms with Crippen molar-refractivity contribution < 1.29 is 0 Å². The molecule has 2 nitrogen and oxygen atoms in total. The third kappa shape index (κ3) is 3.85. The second-order valence-electron chi connectivity index (χ2n) is 13.3. The number of aromatic nitrogens is 2.